The summed E-state index contributed by atoms with van der Waals surface area (Å²) >= 11 is 20.3. The second kappa shape index (κ2) is 11.2. The Morgan fingerprint density at radius 1 is 0.588 bits per heavy atom. The van der Waals surface area contributed by atoms with E-state index in [0.29, 0.717) is 15.9 Å². The molecule has 0 aliphatic heterocycles. The molecular weight excluding hydrogens is 530 g/mol. The molecule has 0 heterocycles. The lowest BCUT2D eigenvalue weighted by Gasteiger charge is -2.39. The first kappa shape index (κ1) is 26.7. The van der Waals surface area contributed by atoms with Gasteiger partial charge in [0.1, 0.15) is 15.9 Å². The van der Waals surface area contributed by atoms with Gasteiger partial charge in [0.05, 0.1) is 0 Å². The summed E-state index contributed by atoms with van der Waals surface area (Å²) in [6.45, 7) is 0. The zero-order valence-corrected chi connectivity index (χ0v) is 21.8. The lowest BCUT2D eigenvalue weighted by molar-refractivity contribution is -0.00000676. The molecule has 0 N–H and O–H groups in total. The Bertz CT molecular complexity index is 1110. The SMILES string of the molecule is FC(Cl)(C(Cl)(Cl)/N=C/c1ccccc1)[P+](c1ccccc1)(c1ccccc1)c1ccccc1.[Cl-]. The maximum Gasteiger partial charge on any atom is 0.355 e. The lowest BCUT2D eigenvalue weighted by atomic mass is 10.2. The van der Waals surface area contributed by atoms with Crippen molar-refractivity contribution in [3.8, 4) is 0 Å². The first-order valence-corrected chi connectivity index (χ1v) is 13.2. The molecule has 0 fully saturated rings. The Morgan fingerprint density at radius 3 is 1.26 bits per heavy atom. The second-order valence-corrected chi connectivity index (χ2v) is 13.0. The van der Waals surface area contributed by atoms with Gasteiger partial charge in [-0.05, 0) is 53.6 Å². The second-order valence-electron chi connectivity index (χ2n) is 7.43. The summed E-state index contributed by atoms with van der Waals surface area (Å²) in [5.74, 6) is 0. The molecule has 0 radical (unpaired) electrons. The third-order valence-electron chi connectivity index (χ3n) is 5.39. The van der Waals surface area contributed by atoms with E-state index in [0.717, 1.165) is 5.56 Å². The summed E-state index contributed by atoms with van der Waals surface area (Å²) in [5.41, 5.74) is 0.735. The van der Waals surface area contributed by atoms with E-state index < -0.39 is 16.6 Å². The highest BCUT2D eigenvalue weighted by molar-refractivity contribution is 7.98. The molecule has 1 atom stereocenters. The summed E-state index contributed by atoms with van der Waals surface area (Å²) in [6, 6.07) is 37.3. The average Bonchev–Trinajstić information content (AvgIpc) is 2.86. The van der Waals surface area contributed by atoms with Crippen molar-refractivity contribution in [3.05, 3.63) is 127 Å². The van der Waals surface area contributed by atoms with E-state index in [1.807, 2.05) is 121 Å². The highest BCUT2D eigenvalue weighted by Crippen LogP contribution is 2.74. The van der Waals surface area contributed by atoms with E-state index in [9.17, 15) is 0 Å². The van der Waals surface area contributed by atoms with E-state index in [4.69, 9.17) is 34.8 Å². The molecule has 1 unspecified atom stereocenters. The van der Waals surface area contributed by atoms with E-state index in [2.05, 4.69) is 4.99 Å². The van der Waals surface area contributed by atoms with Crippen molar-refractivity contribution >= 4 is 64.2 Å². The number of hydrogen-bond acceptors (Lipinski definition) is 1. The fraction of sp³-hybridized carbons (Fsp3) is 0.0741. The summed E-state index contributed by atoms with van der Waals surface area (Å²) in [7, 11) is -3.28. The zero-order chi connectivity index (χ0) is 23.4. The van der Waals surface area contributed by atoms with Crippen molar-refractivity contribution in [3.63, 3.8) is 0 Å². The molecule has 0 saturated heterocycles. The fourth-order valence-corrected chi connectivity index (χ4v) is 9.83. The summed E-state index contributed by atoms with van der Waals surface area (Å²) < 4.78 is 15.1. The quantitative estimate of drug-likeness (QED) is 0.142. The average molecular weight is 551 g/mol. The van der Waals surface area contributed by atoms with Gasteiger partial charge in [-0.25, -0.2) is 4.99 Å². The largest absolute Gasteiger partial charge is 1.00 e. The van der Waals surface area contributed by atoms with Gasteiger partial charge < -0.3 is 12.4 Å². The van der Waals surface area contributed by atoms with Crippen molar-refractivity contribution in [2.75, 3.05) is 0 Å². The molecule has 7 heteroatoms. The number of rotatable bonds is 7. The first-order chi connectivity index (χ1) is 15.9. The first-order valence-electron chi connectivity index (χ1n) is 10.3. The Labute approximate surface area is 221 Å². The number of alkyl halides is 4. The van der Waals surface area contributed by atoms with E-state index >= 15 is 4.39 Å². The van der Waals surface area contributed by atoms with Gasteiger partial charge in [-0.15, -0.1) is 0 Å². The highest BCUT2D eigenvalue weighted by atomic mass is 35.5. The molecule has 174 valence electrons. The van der Waals surface area contributed by atoms with E-state index in [-0.39, 0.29) is 12.4 Å². The smallest absolute Gasteiger partial charge is 0.355 e. The Kier molecular flexibility index (Phi) is 8.79. The van der Waals surface area contributed by atoms with Gasteiger partial charge in [-0.2, -0.15) is 4.39 Å². The van der Waals surface area contributed by atoms with Crippen LogP contribution < -0.4 is 28.3 Å². The lowest BCUT2D eigenvalue weighted by Crippen LogP contribution is -3.00. The molecule has 0 saturated carbocycles. The van der Waals surface area contributed by atoms with Crippen LogP contribution in [0.3, 0.4) is 0 Å². The predicted molar refractivity (Wildman–Crippen MR) is 143 cm³/mol. The number of halogens is 5. The van der Waals surface area contributed by atoms with Crippen molar-refractivity contribution in [2.45, 2.75) is 9.33 Å². The topological polar surface area (TPSA) is 12.4 Å². The minimum Gasteiger partial charge on any atom is -1.00 e. The van der Waals surface area contributed by atoms with Crippen molar-refractivity contribution in [1.82, 2.24) is 0 Å². The number of aliphatic imine (C=N–C) groups is 1. The maximum atomic E-state index is 17.4. The van der Waals surface area contributed by atoms with Crippen LogP contribution in [-0.4, -0.2) is 15.5 Å². The van der Waals surface area contributed by atoms with Crippen molar-refractivity contribution < 1.29 is 16.8 Å². The third-order valence-corrected chi connectivity index (χ3v) is 12.0. The van der Waals surface area contributed by atoms with Gasteiger partial charge in [0.2, 0.25) is 0 Å². The van der Waals surface area contributed by atoms with Crippen LogP contribution in [0.2, 0.25) is 0 Å². The fourth-order valence-electron chi connectivity index (χ4n) is 3.86. The molecule has 0 amide bonds. The number of nitrogens with zero attached hydrogens (tertiary/aromatic N) is 1. The molecule has 0 bridgehead atoms. The standard InChI is InChI=1S/C27H21Cl3FNP.ClH/c28-26(29,32-21-22-13-5-1-6-14-22)27(30,31)33(23-15-7-2-8-16-23,24-17-9-3-10-18-24)25-19-11-4-12-20-25;/h1-21H;1H/q+1;/p-1/b32-21+;. The number of hydrogen-bond donors (Lipinski definition) is 0. The van der Waals surface area contributed by atoms with Crippen LogP contribution >= 0.6 is 42.1 Å². The Hall–Kier alpha value is -1.93. The van der Waals surface area contributed by atoms with Gasteiger partial charge in [0.15, 0.2) is 7.26 Å². The molecule has 4 rings (SSSR count). The summed E-state index contributed by atoms with van der Waals surface area (Å²) in [5, 5.41) is 2.13. The van der Waals surface area contributed by atoms with E-state index in [1.165, 1.54) is 6.21 Å². The van der Waals surface area contributed by atoms with Crippen LogP contribution in [0, 0.1) is 0 Å². The molecular formula is C27H21Cl4FNP. The van der Waals surface area contributed by atoms with Crippen molar-refractivity contribution in [1.29, 1.82) is 0 Å². The Morgan fingerprint density at radius 2 is 0.912 bits per heavy atom. The van der Waals surface area contributed by atoms with Gasteiger partial charge in [-0.3, -0.25) is 0 Å². The van der Waals surface area contributed by atoms with Crippen LogP contribution in [-0.2, 0) is 0 Å². The molecule has 4 aromatic carbocycles. The minimum absolute atomic E-state index is 0. The van der Waals surface area contributed by atoms with Crippen LogP contribution in [0.4, 0.5) is 4.39 Å². The van der Waals surface area contributed by atoms with Crippen molar-refractivity contribution in [2.24, 2.45) is 4.99 Å². The van der Waals surface area contributed by atoms with Crippen LogP contribution in [0.1, 0.15) is 5.56 Å². The van der Waals surface area contributed by atoms with Gasteiger partial charge >= 0.3 is 4.87 Å². The minimum atomic E-state index is -3.28. The zero-order valence-electron chi connectivity index (χ0n) is 17.9. The summed E-state index contributed by atoms with van der Waals surface area (Å²) in [4.78, 5) is 1.59. The highest BCUT2D eigenvalue weighted by Gasteiger charge is 2.73. The Balaban J connectivity index is 0.00000324. The molecule has 4 aromatic rings. The third kappa shape index (κ3) is 4.89. The van der Waals surface area contributed by atoms with Crippen LogP contribution in [0.15, 0.2) is 126 Å². The monoisotopic (exact) mass is 549 g/mol. The molecule has 0 spiro atoms. The van der Waals surface area contributed by atoms with Crippen LogP contribution in [0.5, 0.6) is 0 Å². The molecule has 0 aliphatic carbocycles. The molecule has 0 aromatic heterocycles. The normalized spacial score (nSPS) is 13.8. The van der Waals surface area contributed by atoms with Gasteiger partial charge in [0, 0.05) is 6.21 Å². The molecule has 0 aliphatic rings. The van der Waals surface area contributed by atoms with E-state index in [1.54, 1.807) is 0 Å². The molecule has 1 nitrogen and oxygen atoms in total. The van der Waals surface area contributed by atoms with Gasteiger partial charge in [-0.1, -0.05) is 108 Å². The predicted octanol–water partition coefficient (Wildman–Crippen LogP) is 4.10. The summed E-state index contributed by atoms with van der Waals surface area (Å²) in [6.07, 6.45) is 1.45. The maximum absolute atomic E-state index is 17.4. The number of benzene rings is 4. The van der Waals surface area contributed by atoms with Crippen LogP contribution in [0.25, 0.3) is 0 Å². The van der Waals surface area contributed by atoms with Gasteiger partial charge in [0.25, 0.3) is 4.46 Å². The molecule has 34 heavy (non-hydrogen) atoms.